The second kappa shape index (κ2) is 4.59. The van der Waals surface area contributed by atoms with Crippen LogP contribution < -0.4 is 5.32 Å². The van der Waals surface area contributed by atoms with Crippen molar-refractivity contribution < 1.29 is 9.59 Å². The van der Waals surface area contributed by atoms with Crippen LogP contribution >= 0.6 is 23.1 Å². The van der Waals surface area contributed by atoms with E-state index in [2.05, 4.69) is 5.32 Å². The SMILES string of the molecule is O=C(Nc1cccs1)C1C(=O)Sc2ccccc21. The first-order chi connectivity index (χ1) is 8.75. The number of rotatable bonds is 2. The van der Waals surface area contributed by atoms with Gasteiger partial charge in [-0.3, -0.25) is 9.59 Å². The molecule has 90 valence electrons. The monoisotopic (exact) mass is 275 g/mol. The number of thiophene rings is 1. The number of benzene rings is 1. The largest absolute Gasteiger partial charge is 0.317 e. The van der Waals surface area contributed by atoms with Gasteiger partial charge in [-0.2, -0.15) is 0 Å². The highest BCUT2D eigenvalue weighted by atomic mass is 32.2. The Morgan fingerprint density at radius 2 is 2.00 bits per heavy atom. The summed E-state index contributed by atoms with van der Waals surface area (Å²) in [6, 6.07) is 11.1. The third kappa shape index (κ3) is 1.95. The first-order valence-corrected chi connectivity index (χ1v) is 7.10. The molecule has 1 aliphatic heterocycles. The summed E-state index contributed by atoms with van der Waals surface area (Å²) in [5, 5.41) is 5.32. The lowest BCUT2D eigenvalue weighted by Gasteiger charge is -2.08. The van der Waals surface area contributed by atoms with Crippen LogP contribution in [0.25, 0.3) is 0 Å². The molecule has 1 aromatic carbocycles. The molecule has 1 aliphatic rings. The van der Waals surface area contributed by atoms with Gasteiger partial charge in [0.2, 0.25) is 11.0 Å². The molecule has 0 aliphatic carbocycles. The van der Waals surface area contributed by atoms with E-state index >= 15 is 0 Å². The van der Waals surface area contributed by atoms with Gasteiger partial charge in [0, 0.05) is 4.90 Å². The molecule has 3 nitrogen and oxygen atoms in total. The maximum atomic E-state index is 12.1. The number of carbonyl (C=O) groups excluding carboxylic acids is 2. The Balaban J connectivity index is 1.88. The summed E-state index contributed by atoms with van der Waals surface area (Å²) < 4.78 is 0. The molecule has 0 saturated heterocycles. The fourth-order valence-corrected chi connectivity index (χ4v) is 3.54. The maximum absolute atomic E-state index is 12.1. The van der Waals surface area contributed by atoms with E-state index in [4.69, 9.17) is 0 Å². The van der Waals surface area contributed by atoms with Gasteiger partial charge in [0.05, 0.1) is 5.00 Å². The number of thioether (sulfide) groups is 1. The van der Waals surface area contributed by atoms with Gasteiger partial charge in [-0.1, -0.05) is 30.0 Å². The van der Waals surface area contributed by atoms with Crippen molar-refractivity contribution in [1.82, 2.24) is 0 Å². The van der Waals surface area contributed by atoms with Gasteiger partial charge in [-0.25, -0.2) is 0 Å². The van der Waals surface area contributed by atoms with Crippen molar-refractivity contribution in [3.8, 4) is 0 Å². The molecule has 2 aromatic rings. The van der Waals surface area contributed by atoms with Crippen molar-refractivity contribution in [2.45, 2.75) is 10.8 Å². The molecule has 0 radical (unpaired) electrons. The fourth-order valence-electron chi connectivity index (χ4n) is 1.90. The van der Waals surface area contributed by atoms with Crippen LogP contribution in [0, 0.1) is 0 Å². The van der Waals surface area contributed by atoms with E-state index in [9.17, 15) is 9.59 Å². The highest BCUT2D eigenvalue weighted by Gasteiger charge is 2.37. The van der Waals surface area contributed by atoms with E-state index in [1.807, 2.05) is 41.8 Å². The molecule has 5 heteroatoms. The smallest absolute Gasteiger partial charge is 0.241 e. The van der Waals surface area contributed by atoms with Crippen molar-refractivity contribution in [2.75, 3.05) is 5.32 Å². The zero-order valence-electron chi connectivity index (χ0n) is 9.25. The Morgan fingerprint density at radius 1 is 1.17 bits per heavy atom. The minimum Gasteiger partial charge on any atom is -0.317 e. The Morgan fingerprint density at radius 3 is 2.78 bits per heavy atom. The van der Waals surface area contributed by atoms with Gasteiger partial charge in [-0.15, -0.1) is 11.3 Å². The van der Waals surface area contributed by atoms with E-state index in [0.29, 0.717) is 0 Å². The standard InChI is InChI=1S/C13H9NO2S2/c15-12(14-10-6-3-7-17-10)11-8-4-1-2-5-9(8)18-13(11)16/h1-7,11H,(H,14,15). The van der Waals surface area contributed by atoms with Gasteiger partial charge in [-0.05, 0) is 29.1 Å². The quantitative estimate of drug-likeness (QED) is 0.857. The molecule has 3 rings (SSSR count). The third-order valence-corrected chi connectivity index (χ3v) is 4.52. The van der Waals surface area contributed by atoms with Crippen molar-refractivity contribution >= 4 is 39.1 Å². The number of amides is 1. The molecule has 0 bridgehead atoms. The zero-order valence-corrected chi connectivity index (χ0v) is 10.9. The van der Waals surface area contributed by atoms with Crippen LogP contribution in [0.15, 0.2) is 46.7 Å². The Labute approximate surface area is 112 Å². The molecule has 18 heavy (non-hydrogen) atoms. The highest BCUT2D eigenvalue weighted by Crippen LogP contribution is 2.41. The Hall–Kier alpha value is -1.59. The molecule has 0 fully saturated rings. The second-order valence-electron chi connectivity index (χ2n) is 3.86. The summed E-state index contributed by atoms with van der Waals surface area (Å²) in [6.45, 7) is 0. The number of hydrogen-bond donors (Lipinski definition) is 1. The summed E-state index contributed by atoms with van der Waals surface area (Å²) in [6.07, 6.45) is 0. The van der Waals surface area contributed by atoms with Crippen molar-refractivity contribution in [1.29, 1.82) is 0 Å². The second-order valence-corrected chi connectivity index (χ2v) is 5.85. The topological polar surface area (TPSA) is 46.2 Å². The molecule has 1 unspecified atom stereocenters. The van der Waals surface area contributed by atoms with Crippen molar-refractivity contribution in [3.63, 3.8) is 0 Å². The number of nitrogens with one attached hydrogen (secondary N) is 1. The first kappa shape index (κ1) is 11.5. The fraction of sp³-hybridized carbons (Fsp3) is 0.0769. The van der Waals surface area contributed by atoms with Crippen LogP contribution in [0.1, 0.15) is 11.5 Å². The van der Waals surface area contributed by atoms with E-state index in [1.165, 1.54) is 11.3 Å². The summed E-state index contributed by atoms with van der Waals surface area (Å²) in [5.74, 6) is -0.937. The van der Waals surface area contributed by atoms with Gasteiger partial charge >= 0.3 is 0 Å². The van der Waals surface area contributed by atoms with Crippen LogP contribution in [-0.4, -0.2) is 11.0 Å². The van der Waals surface area contributed by atoms with Crippen LogP contribution in [0.3, 0.4) is 0 Å². The summed E-state index contributed by atoms with van der Waals surface area (Å²) in [4.78, 5) is 24.9. The minimum atomic E-state index is -0.687. The number of carbonyl (C=O) groups is 2. The Kier molecular flexibility index (Phi) is 2.93. The number of hydrogen-bond acceptors (Lipinski definition) is 4. The van der Waals surface area contributed by atoms with Crippen LogP contribution in [-0.2, 0) is 9.59 Å². The average molecular weight is 275 g/mol. The first-order valence-electron chi connectivity index (χ1n) is 5.41. The summed E-state index contributed by atoms with van der Waals surface area (Å²) in [7, 11) is 0. The molecule has 1 atom stereocenters. The zero-order chi connectivity index (χ0) is 12.5. The summed E-state index contributed by atoms with van der Waals surface area (Å²) >= 11 is 2.59. The molecule has 0 spiro atoms. The van der Waals surface area contributed by atoms with Gasteiger partial charge in [0.25, 0.3) is 0 Å². The molecule has 1 N–H and O–H groups in total. The molecule has 1 aromatic heterocycles. The van der Waals surface area contributed by atoms with E-state index < -0.39 is 5.92 Å². The predicted molar refractivity (Wildman–Crippen MR) is 73.0 cm³/mol. The van der Waals surface area contributed by atoms with Gasteiger partial charge < -0.3 is 5.32 Å². The predicted octanol–water partition coefficient (Wildman–Crippen LogP) is 3.10. The van der Waals surface area contributed by atoms with Crippen LogP contribution in [0.5, 0.6) is 0 Å². The Bertz CT molecular complexity index is 607. The van der Waals surface area contributed by atoms with Crippen LogP contribution in [0.4, 0.5) is 5.00 Å². The highest BCUT2D eigenvalue weighted by molar-refractivity contribution is 8.14. The third-order valence-electron chi connectivity index (χ3n) is 2.71. The normalized spacial score (nSPS) is 17.6. The van der Waals surface area contributed by atoms with Gasteiger partial charge in [0.1, 0.15) is 5.92 Å². The minimum absolute atomic E-state index is 0.106. The average Bonchev–Trinajstić information content (AvgIpc) is 2.94. The molecule has 2 heterocycles. The van der Waals surface area contributed by atoms with E-state index in [1.54, 1.807) is 0 Å². The lowest BCUT2D eigenvalue weighted by Crippen LogP contribution is -2.23. The lowest BCUT2D eigenvalue weighted by molar-refractivity contribution is -0.123. The molecule has 1 amide bonds. The maximum Gasteiger partial charge on any atom is 0.241 e. The number of fused-ring (bicyclic) bond motifs is 1. The molecular formula is C13H9NO2S2. The van der Waals surface area contributed by atoms with Crippen molar-refractivity contribution in [3.05, 3.63) is 47.3 Å². The summed E-state index contributed by atoms with van der Waals surface area (Å²) in [5.41, 5.74) is 0.807. The molecular weight excluding hydrogens is 266 g/mol. The van der Waals surface area contributed by atoms with Crippen molar-refractivity contribution in [2.24, 2.45) is 0 Å². The lowest BCUT2D eigenvalue weighted by atomic mass is 10.00. The van der Waals surface area contributed by atoms with E-state index in [-0.39, 0.29) is 11.0 Å². The molecule has 0 saturated carbocycles. The van der Waals surface area contributed by atoms with E-state index in [0.717, 1.165) is 27.2 Å². The number of anilines is 1. The van der Waals surface area contributed by atoms with Crippen LogP contribution in [0.2, 0.25) is 0 Å². The van der Waals surface area contributed by atoms with Gasteiger partial charge in [0.15, 0.2) is 0 Å².